The van der Waals surface area contributed by atoms with Gasteiger partial charge in [0.15, 0.2) is 11.5 Å². The number of hydrazine groups is 1. The summed E-state index contributed by atoms with van der Waals surface area (Å²) < 4.78 is 34.9. The van der Waals surface area contributed by atoms with Crippen LogP contribution in [0.2, 0.25) is 0 Å². The van der Waals surface area contributed by atoms with Crippen molar-refractivity contribution in [2.45, 2.75) is 17.7 Å². The predicted octanol–water partition coefficient (Wildman–Crippen LogP) is 0.736. The van der Waals surface area contributed by atoms with E-state index in [2.05, 4.69) is 10.7 Å². The highest BCUT2D eigenvalue weighted by atomic mass is 32.2. The van der Waals surface area contributed by atoms with E-state index < -0.39 is 15.9 Å². The van der Waals surface area contributed by atoms with Crippen LogP contribution in [-0.2, 0) is 21.4 Å². The maximum absolute atomic E-state index is 12.3. The number of hydrogen-bond acceptors (Lipinski definition) is 7. The van der Waals surface area contributed by atoms with Crippen LogP contribution in [0.25, 0.3) is 0 Å². The molecular weight excluding hydrogens is 382 g/mol. The van der Waals surface area contributed by atoms with Crippen LogP contribution >= 0.6 is 11.3 Å². The third-order valence-corrected chi connectivity index (χ3v) is 6.17. The van der Waals surface area contributed by atoms with Crippen molar-refractivity contribution in [2.75, 3.05) is 6.79 Å². The Bertz CT molecular complexity index is 954. The summed E-state index contributed by atoms with van der Waals surface area (Å²) in [6.45, 7) is 1.68. The number of fused-ring (bicyclic) bond motifs is 1. The molecule has 26 heavy (non-hydrogen) atoms. The minimum Gasteiger partial charge on any atom is -0.454 e. The van der Waals surface area contributed by atoms with Crippen molar-refractivity contribution in [3.8, 4) is 11.5 Å². The molecule has 1 aromatic carbocycles. The molecule has 1 aromatic heterocycles. The Morgan fingerprint density at radius 1 is 1.15 bits per heavy atom. The molecule has 3 rings (SSSR count). The summed E-state index contributed by atoms with van der Waals surface area (Å²) in [7, 11) is -3.92. The number of nitrogens with one attached hydrogen (secondary N) is 3. The van der Waals surface area contributed by atoms with Crippen LogP contribution in [-0.4, -0.2) is 27.0 Å². The van der Waals surface area contributed by atoms with E-state index in [-0.39, 0.29) is 29.0 Å². The van der Waals surface area contributed by atoms with E-state index in [1.807, 2.05) is 4.83 Å². The molecule has 0 atom stereocenters. The van der Waals surface area contributed by atoms with Crippen molar-refractivity contribution in [3.63, 3.8) is 0 Å². The first-order valence-corrected chi connectivity index (χ1v) is 9.70. The number of thiophene rings is 1. The number of ether oxygens (including phenoxy) is 2. The molecule has 1 aliphatic rings. The van der Waals surface area contributed by atoms with Crippen LogP contribution in [0.1, 0.15) is 22.2 Å². The lowest BCUT2D eigenvalue weighted by Gasteiger charge is -2.07. The number of rotatable bonds is 6. The minimum atomic E-state index is -3.92. The van der Waals surface area contributed by atoms with Gasteiger partial charge in [-0.05, 0) is 30.3 Å². The van der Waals surface area contributed by atoms with Crippen molar-refractivity contribution in [1.29, 1.82) is 0 Å². The second-order valence-electron chi connectivity index (χ2n) is 5.26. The van der Waals surface area contributed by atoms with Gasteiger partial charge in [0.05, 0.1) is 6.54 Å². The van der Waals surface area contributed by atoms with E-state index in [4.69, 9.17) is 9.47 Å². The molecule has 1 aliphatic heterocycles. The highest BCUT2D eigenvalue weighted by Gasteiger charge is 2.20. The van der Waals surface area contributed by atoms with E-state index in [0.29, 0.717) is 16.4 Å². The molecule has 0 spiro atoms. The van der Waals surface area contributed by atoms with Crippen molar-refractivity contribution >= 4 is 33.2 Å². The van der Waals surface area contributed by atoms with Crippen LogP contribution in [0.3, 0.4) is 0 Å². The smallest absolute Gasteiger partial charge is 0.266 e. The molecule has 0 aliphatic carbocycles. The van der Waals surface area contributed by atoms with Gasteiger partial charge in [0, 0.05) is 17.4 Å². The molecule has 2 amide bonds. The van der Waals surface area contributed by atoms with Crippen LogP contribution in [0.5, 0.6) is 11.5 Å². The zero-order valence-corrected chi connectivity index (χ0v) is 15.2. The van der Waals surface area contributed by atoms with Gasteiger partial charge in [0.1, 0.15) is 4.21 Å². The molecule has 0 unspecified atom stereocenters. The van der Waals surface area contributed by atoms with Gasteiger partial charge in [-0.25, -0.2) is 8.42 Å². The van der Waals surface area contributed by atoms with Crippen LogP contribution in [0, 0.1) is 0 Å². The Morgan fingerprint density at radius 2 is 1.92 bits per heavy atom. The number of amides is 2. The van der Waals surface area contributed by atoms with E-state index >= 15 is 0 Å². The highest BCUT2D eigenvalue weighted by molar-refractivity contribution is 7.91. The van der Waals surface area contributed by atoms with E-state index in [0.717, 1.165) is 11.3 Å². The average molecular weight is 397 g/mol. The molecule has 0 radical (unpaired) electrons. The van der Waals surface area contributed by atoms with E-state index in [1.54, 1.807) is 12.1 Å². The van der Waals surface area contributed by atoms with Gasteiger partial charge in [0.2, 0.25) is 12.7 Å². The number of carbonyl (C=O) groups excluding carboxylic acids is 2. The monoisotopic (exact) mass is 397 g/mol. The number of hydrogen-bond donors (Lipinski definition) is 3. The summed E-state index contributed by atoms with van der Waals surface area (Å²) in [6, 6.07) is 7.52. The fourth-order valence-corrected chi connectivity index (χ4v) is 4.22. The molecule has 11 heteroatoms. The standard InChI is InChI=1S/C15H15N3O6S2/c1-9(19)16-7-11-3-5-14(25-11)26(21,22)18-17-15(20)10-2-4-12-13(6-10)24-8-23-12/h2-6,18H,7-8H2,1H3,(H,16,19)(H,17,20). The molecule has 0 bridgehead atoms. The number of benzene rings is 1. The SMILES string of the molecule is CC(=O)NCc1ccc(S(=O)(=O)NNC(=O)c2ccc3c(c2)OCO3)s1. The maximum atomic E-state index is 12.3. The largest absolute Gasteiger partial charge is 0.454 e. The molecule has 3 N–H and O–H groups in total. The third kappa shape index (κ3) is 4.12. The highest BCUT2D eigenvalue weighted by Crippen LogP contribution is 2.32. The van der Waals surface area contributed by atoms with Gasteiger partial charge in [-0.1, -0.05) is 0 Å². The molecular formula is C15H15N3O6S2. The Labute approximate surface area is 153 Å². The fraction of sp³-hybridized carbons (Fsp3) is 0.200. The van der Waals surface area contributed by atoms with Crippen LogP contribution in [0.15, 0.2) is 34.5 Å². The molecule has 138 valence electrons. The minimum absolute atomic E-state index is 0.0174. The lowest BCUT2D eigenvalue weighted by Crippen LogP contribution is -2.41. The number of sulfonamides is 1. The quantitative estimate of drug-likeness (QED) is 0.618. The first kappa shape index (κ1) is 18.2. The molecule has 2 heterocycles. The molecule has 0 saturated heterocycles. The average Bonchev–Trinajstić information content (AvgIpc) is 3.26. The first-order chi connectivity index (χ1) is 12.3. The Hall–Kier alpha value is -2.63. The predicted molar refractivity (Wildman–Crippen MR) is 92.2 cm³/mol. The number of carbonyl (C=O) groups is 2. The second kappa shape index (κ2) is 7.32. The maximum Gasteiger partial charge on any atom is 0.266 e. The zero-order valence-electron chi connectivity index (χ0n) is 13.6. The van der Waals surface area contributed by atoms with Crippen molar-refractivity contribution in [3.05, 3.63) is 40.8 Å². The van der Waals surface area contributed by atoms with Crippen molar-refractivity contribution < 1.29 is 27.5 Å². The van der Waals surface area contributed by atoms with Crippen molar-refractivity contribution in [1.82, 2.24) is 15.6 Å². The third-order valence-electron chi connectivity index (χ3n) is 3.35. The lowest BCUT2D eigenvalue weighted by atomic mass is 10.2. The summed E-state index contributed by atoms with van der Waals surface area (Å²) in [5.41, 5.74) is 2.37. The van der Waals surface area contributed by atoms with Gasteiger partial charge < -0.3 is 14.8 Å². The van der Waals surface area contributed by atoms with E-state index in [9.17, 15) is 18.0 Å². The molecule has 2 aromatic rings. The Balaban J connectivity index is 1.62. The van der Waals surface area contributed by atoms with Crippen LogP contribution in [0.4, 0.5) is 0 Å². The Kier molecular flexibility index (Phi) is 5.11. The van der Waals surface area contributed by atoms with Gasteiger partial charge in [0.25, 0.3) is 15.9 Å². The summed E-state index contributed by atoms with van der Waals surface area (Å²) in [6.07, 6.45) is 0. The van der Waals surface area contributed by atoms with Gasteiger partial charge in [-0.2, -0.15) is 0 Å². The molecule has 9 nitrogen and oxygen atoms in total. The topological polar surface area (TPSA) is 123 Å². The summed E-state index contributed by atoms with van der Waals surface area (Å²) in [4.78, 5) is 25.7. The van der Waals surface area contributed by atoms with Crippen molar-refractivity contribution in [2.24, 2.45) is 0 Å². The first-order valence-electron chi connectivity index (χ1n) is 7.40. The zero-order chi connectivity index (χ0) is 18.7. The van der Waals surface area contributed by atoms with Crippen LogP contribution < -0.4 is 25.0 Å². The normalized spacial score (nSPS) is 12.7. The lowest BCUT2D eigenvalue weighted by molar-refractivity contribution is -0.119. The van der Waals surface area contributed by atoms with Gasteiger partial charge >= 0.3 is 0 Å². The Morgan fingerprint density at radius 3 is 2.69 bits per heavy atom. The van der Waals surface area contributed by atoms with E-state index in [1.165, 1.54) is 25.1 Å². The fourth-order valence-electron chi connectivity index (χ4n) is 2.08. The van der Waals surface area contributed by atoms with Gasteiger partial charge in [-0.3, -0.25) is 15.0 Å². The molecule has 0 saturated carbocycles. The summed E-state index contributed by atoms with van der Waals surface area (Å²) in [5.74, 6) is 0.0904. The molecule has 0 fully saturated rings. The van der Waals surface area contributed by atoms with Gasteiger partial charge in [-0.15, -0.1) is 16.2 Å². The summed E-state index contributed by atoms with van der Waals surface area (Å²) >= 11 is 0.993. The summed E-state index contributed by atoms with van der Waals surface area (Å²) in [5, 5.41) is 2.58. The second-order valence-corrected chi connectivity index (χ2v) is 8.34.